The largest absolute Gasteiger partial charge is 0.370 e. The predicted octanol–water partition coefficient (Wildman–Crippen LogP) is 3.11. The molecule has 1 aromatic carbocycles. The molecule has 0 spiro atoms. The second-order valence-electron chi connectivity index (χ2n) is 5.56. The smallest absolute Gasteiger partial charge is 0.270 e. The van der Waals surface area contributed by atoms with Gasteiger partial charge >= 0.3 is 0 Å². The second kappa shape index (κ2) is 8.96. The Balaban J connectivity index is 1.95. The number of unbranched alkanes of at least 4 members (excludes halogenated alkanes) is 1. The van der Waals surface area contributed by atoms with Gasteiger partial charge in [0.1, 0.15) is 23.2 Å². The van der Waals surface area contributed by atoms with Crippen LogP contribution in [0.5, 0.6) is 0 Å². The molecule has 2 aromatic rings. The van der Waals surface area contributed by atoms with Crippen molar-refractivity contribution in [2.45, 2.75) is 33.1 Å². The molecule has 0 aliphatic carbocycles. The first kappa shape index (κ1) is 17.8. The summed E-state index contributed by atoms with van der Waals surface area (Å²) in [5, 5.41) is 5.96. The van der Waals surface area contributed by atoms with E-state index >= 15 is 0 Å². The highest BCUT2D eigenvalue weighted by Crippen LogP contribution is 2.10. The lowest BCUT2D eigenvalue weighted by atomic mass is 10.1. The molecule has 0 saturated carbocycles. The van der Waals surface area contributed by atoms with Crippen LogP contribution in [0.1, 0.15) is 41.6 Å². The van der Waals surface area contributed by atoms with Crippen LogP contribution in [0.15, 0.2) is 30.3 Å². The molecule has 24 heavy (non-hydrogen) atoms. The Morgan fingerprint density at radius 2 is 2.00 bits per heavy atom. The molecule has 1 heterocycles. The summed E-state index contributed by atoms with van der Waals surface area (Å²) in [4.78, 5) is 20.5. The van der Waals surface area contributed by atoms with E-state index in [2.05, 4.69) is 27.5 Å². The molecule has 1 aromatic heterocycles. The highest BCUT2D eigenvalue weighted by atomic mass is 19.1. The molecule has 2 N–H and O–H groups in total. The average molecular weight is 330 g/mol. The van der Waals surface area contributed by atoms with Gasteiger partial charge in [-0.05, 0) is 31.4 Å². The Kier molecular flexibility index (Phi) is 6.66. The number of aromatic nitrogens is 2. The monoisotopic (exact) mass is 330 g/mol. The van der Waals surface area contributed by atoms with Gasteiger partial charge in [-0.2, -0.15) is 0 Å². The molecule has 0 aliphatic heterocycles. The fourth-order valence-corrected chi connectivity index (χ4v) is 2.27. The van der Waals surface area contributed by atoms with E-state index in [9.17, 15) is 9.18 Å². The molecular weight excluding hydrogens is 307 g/mol. The van der Waals surface area contributed by atoms with E-state index in [4.69, 9.17) is 0 Å². The summed E-state index contributed by atoms with van der Waals surface area (Å²) < 4.78 is 13.6. The van der Waals surface area contributed by atoms with E-state index < -0.39 is 0 Å². The van der Waals surface area contributed by atoms with Crippen LogP contribution < -0.4 is 10.6 Å². The Morgan fingerprint density at radius 3 is 2.75 bits per heavy atom. The maximum Gasteiger partial charge on any atom is 0.270 e. The van der Waals surface area contributed by atoms with Crippen LogP contribution in [0.4, 0.5) is 10.2 Å². The van der Waals surface area contributed by atoms with Crippen LogP contribution in [0.3, 0.4) is 0 Å². The van der Waals surface area contributed by atoms with Crippen molar-refractivity contribution < 1.29 is 9.18 Å². The van der Waals surface area contributed by atoms with E-state index in [0.717, 1.165) is 12.8 Å². The number of nitrogens with one attached hydrogen (secondary N) is 2. The SMILES string of the molecule is CCCCNC(=O)c1cc(NCCc2ccccc2F)nc(C)n1. The number of nitrogens with zero attached hydrogens (tertiary/aromatic N) is 2. The average Bonchev–Trinajstić information content (AvgIpc) is 2.56. The van der Waals surface area contributed by atoms with E-state index in [0.29, 0.717) is 42.4 Å². The van der Waals surface area contributed by atoms with Gasteiger partial charge in [0, 0.05) is 19.2 Å². The van der Waals surface area contributed by atoms with Crippen molar-refractivity contribution in [1.29, 1.82) is 0 Å². The number of anilines is 1. The molecule has 6 heteroatoms. The molecule has 0 bridgehead atoms. The van der Waals surface area contributed by atoms with Crippen molar-refractivity contribution >= 4 is 11.7 Å². The molecule has 128 valence electrons. The molecule has 0 fully saturated rings. The molecule has 0 unspecified atom stereocenters. The Morgan fingerprint density at radius 1 is 1.21 bits per heavy atom. The van der Waals surface area contributed by atoms with Crippen molar-refractivity contribution in [1.82, 2.24) is 15.3 Å². The van der Waals surface area contributed by atoms with Gasteiger partial charge in [-0.3, -0.25) is 4.79 Å². The summed E-state index contributed by atoms with van der Waals surface area (Å²) in [6.07, 6.45) is 2.49. The lowest BCUT2D eigenvalue weighted by Crippen LogP contribution is -2.26. The standard InChI is InChI=1S/C18H23FN4O/c1-3-4-10-21-18(24)16-12-17(23-13(2)22-16)20-11-9-14-7-5-6-8-15(14)19/h5-8,12H,3-4,9-11H2,1-2H3,(H,21,24)(H,20,22,23). The zero-order chi connectivity index (χ0) is 17.4. The molecule has 0 saturated heterocycles. The number of halogens is 1. The Hall–Kier alpha value is -2.50. The van der Waals surface area contributed by atoms with Crippen LogP contribution in [-0.4, -0.2) is 29.0 Å². The third-order valence-electron chi connectivity index (χ3n) is 3.54. The molecule has 0 atom stereocenters. The fraction of sp³-hybridized carbons (Fsp3) is 0.389. The van der Waals surface area contributed by atoms with Crippen molar-refractivity contribution in [3.8, 4) is 0 Å². The Bertz CT molecular complexity index is 690. The van der Waals surface area contributed by atoms with Crippen LogP contribution in [0.2, 0.25) is 0 Å². The first-order valence-electron chi connectivity index (χ1n) is 8.21. The van der Waals surface area contributed by atoms with Gasteiger partial charge in [0.05, 0.1) is 0 Å². The number of carbonyl (C=O) groups is 1. The van der Waals surface area contributed by atoms with Gasteiger partial charge < -0.3 is 10.6 Å². The molecular formula is C18H23FN4O. The topological polar surface area (TPSA) is 66.9 Å². The van der Waals surface area contributed by atoms with Gasteiger partial charge in [-0.15, -0.1) is 0 Å². The minimum atomic E-state index is -0.214. The summed E-state index contributed by atoms with van der Waals surface area (Å²) in [7, 11) is 0. The number of benzene rings is 1. The number of rotatable bonds is 8. The lowest BCUT2D eigenvalue weighted by molar-refractivity contribution is 0.0948. The maximum absolute atomic E-state index is 13.6. The van der Waals surface area contributed by atoms with Gasteiger partial charge in [-0.25, -0.2) is 14.4 Å². The first-order valence-corrected chi connectivity index (χ1v) is 8.21. The van der Waals surface area contributed by atoms with Crippen LogP contribution in [0.25, 0.3) is 0 Å². The number of carbonyl (C=O) groups excluding carboxylic acids is 1. The number of amides is 1. The van der Waals surface area contributed by atoms with Crippen molar-refractivity contribution in [2.75, 3.05) is 18.4 Å². The van der Waals surface area contributed by atoms with E-state index in [1.54, 1.807) is 25.1 Å². The molecule has 0 radical (unpaired) electrons. The summed E-state index contributed by atoms with van der Waals surface area (Å²) in [6.45, 7) is 4.96. The van der Waals surface area contributed by atoms with Gasteiger partial charge in [-0.1, -0.05) is 31.5 Å². The van der Waals surface area contributed by atoms with Crippen LogP contribution in [0, 0.1) is 12.7 Å². The molecule has 5 nitrogen and oxygen atoms in total. The second-order valence-corrected chi connectivity index (χ2v) is 5.56. The van der Waals surface area contributed by atoms with E-state index in [1.807, 2.05) is 6.07 Å². The molecule has 1 amide bonds. The van der Waals surface area contributed by atoms with Crippen LogP contribution >= 0.6 is 0 Å². The quantitative estimate of drug-likeness (QED) is 0.730. The maximum atomic E-state index is 13.6. The normalized spacial score (nSPS) is 10.5. The minimum absolute atomic E-state index is 0.203. The Labute approximate surface area is 141 Å². The fourth-order valence-electron chi connectivity index (χ4n) is 2.27. The molecule has 0 aliphatic rings. The first-order chi connectivity index (χ1) is 11.6. The summed E-state index contributed by atoms with van der Waals surface area (Å²) in [6, 6.07) is 8.31. The van der Waals surface area contributed by atoms with Gasteiger partial charge in [0.15, 0.2) is 0 Å². The van der Waals surface area contributed by atoms with E-state index in [-0.39, 0.29) is 11.7 Å². The highest BCUT2D eigenvalue weighted by molar-refractivity contribution is 5.92. The number of hydrogen-bond donors (Lipinski definition) is 2. The van der Waals surface area contributed by atoms with E-state index in [1.165, 1.54) is 6.07 Å². The number of aryl methyl sites for hydroxylation is 1. The zero-order valence-corrected chi connectivity index (χ0v) is 14.1. The van der Waals surface area contributed by atoms with Crippen molar-refractivity contribution in [3.63, 3.8) is 0 Å². The van der Waals surface area contributed by atoms with Crippen LogP contribution in [-0.2, 0) is 6.42 Å². The highest BCUT2D eigenvalue weighted by Gasteiger charge is 2.10. The lowest BCUT2D eigenvalue weighted by Gasteiger charge is -2.09. The third kappa shape index (κ3) is 5.30. The summed E-state index contributed by atoms with van der Waals surface area (Å²) in [5.74, 6) is 0.672. The molecule has 2 rings (SSSR count). The van der Waals surface area contributed by atoms with Crippen molar-refractivity contribution in [3.05, 3.63) is 53.2 Å². The van der Waals surface area contributed by atoms with Crippen molar-refractivity contribution in [2.24, 2.45) is 0 Å². The third-order valence-corrected chi connectivity index (χ3v) is 3.54. The predicted molar refractivity (Wildman–Crippen MR) is 92.6 cm³/mol. The minimum Gasteiger partial charge on any atom is -0.370 e. The number of hydrogen-bond acceptors (Lipinski definition) is 4. The zero-order valence-electron chi connectivity index (χ0n) is 14.1. The summed E-state index contributed by atoms with van der Waals surface area (Å²) >= 11 is 0. The van der Waals surface area contributed by atoms with Gasteiger partial charge in [0.2, 0.25) is 0 Å². The summed E-state index contributed by atoms with van der Waals surface area (Å²) in [5.41, 5.74) is 0.986. The van der Waals surface area contributed by atoms with Gasteiger partial charge in [0.25, 0.3) is 5.91 Å².